The Labute approximate surface area is 207 Å². The fraction of sp³-hybridized carbons (Fsp3) is 0.607. The highest BCUT2D eigenvalue weighted by Crippen LogP contribution is 2.44. The van der Waals surface area contributed by atoms with Gasteiger partial charge in [-0.15, -0.1) is 0 Å². The van der Waals surface area contributed by atoms with Crippen molar-refractivity contribution in [3.8, 4) is 0 Å². The number of imidazole rings is 1. The Kier molecular flexibility index (Phi) is 6.51. The number of hydrogen-bond acceptors (Lipinski definition) is 3. The standard InChI is InChI=1S/C28H40F2N5/c1-16-7-8-24-21(25(9-17(16)2)34-14-18(3)32-19(4)15-34)10-20(13-31-5)28-33(6)26-11-22(29)23(30)12-27(26)35(24)28/h10-12,16-19,24,31-32H,7-9,13-15H2,1-6H3/q+1. The number of allylic oxidation sites excluding steroid dienone is 3. The summed E-state index contributed by atoms with van der Waals surface area (Å²) in [6.45, 7) is 11.9. The minimum absolute atomic E-state index is 0.101. The predicted molar refractivity (Wildman–Crippen MR) is 137 cm³/mol. The van der Waals surface area contributed by atoms with Gasteiger partial charge in [0.1, 0.15) is 6.04 Å². The van der Waals surface area contributed by atoms with Gasteiger partial charge in [0, 0.05) is 55.1 Å². The van der Waals surface area contributed by atoms with Gasteiger partial charge in [-0.05, 0) is 58.1 Å². The third-order valence-corrected chi connectivity index (χ3v) is 8.49. The van der Waals surface area contributed by atoms with Crippen LogP contribution >= 0.6 is 0 Å². The number of halogens is 2. The molecule has 2 aromatic rings. The van der Waals surface area contributed by atoms with Crippen molar-refractivity contribution in [3.05, 3.63) is 46.9 Å². The van der Waals surface area contributed by atoms with E-state index in [2.05, 4.69) is 53.9 Å². The first kappa shape index (κ1) is 24.4. The van der Waals surface area contributed by atoms with Crippen molar-refractivity contribution in [3.63, 3.8) is 0 Å². The zero-order valence-corrected chi connectivity index (χ0v) is 22.0. The maximum Gasteiger partial charge on any atom is 0.287 e. The molecule has 3 heterocycles. The number of aryl methyl sites for hydroxylation is 1. The number of hydrogen-bond donors (Lipinski definition) is 2. The van der Waals surface area contributed by atoms with E-state index in [1.165, 1.54) is 23.4 Å². The lowest BCUT2D eigenvalue weighted by atomic mass is 9.79. The molecule has 0 radical (unpaired) electrons. The summed E-state index contributed by atoms with van der Waals surface area (Å²) in [7, 11) is 3.92. The first-order chi connectivity index (χ1) is 16.7. The molecule has 0 saturated carbocycles. The van der Waals surface area contributed by atoms with Crippen molar-refractivity contribution in [2.45, 2.75) is 65.1 Å². The van der Waals surface area contributed by atoms with E-state index in [-0.39, 0.29) is 6.04 Å². The first-order valence-corrected chi connectivity index (χ1v) is 13.2. The maximum atomic E-state index is 14.6. The van der Waals surface area contributed by atoms with Crippen molar-refractivity contribution in [2.24, 2.45) is 18.9 Å². The van der Waals surface area contributed by atoms with Crippen molar-refractivity contribution in [2.75, 3.05) is 26.7 Å². The van der Waals surface area contributed by atoms with Gasteiger partial charge in [-0.1, -0.05) is 13.8 Å². The second-order valence-corrected chi connectivity index (χ2v) is 11.2. The van der Waals surface area contributed by atoms with Gasteiger partial charge in [-0.25, -0.2) is 17.9 Å². The lowest BCUT2D eigenvalue weighted by Gasteiger charge is -2.43. The summed E-state index contributed by atoms with van der Waals surface area (Å²) < 4.78 is 33.2. The summed E-state index contributed by atoms with van der Waals surface area (Å²) in [5.41, 5.74) is 5.45. The molecule has 35 heavy (non-hydrogen) atoms. The number of nitrogens with one attached hydrogen (secondary N) is 2. The molecule has 3 aliphatic rings. The molecule has 1 fully saturated rings. The van der Waals surface area contributed by atoms with Gasteiger partial charge in [0.05, 0.1) is 12.6 Å². The van der Waals surface area contributed by atoms with E-state index in [1.54, 1.807) is 0 Å². The Hall–Kier alpha value is -2.25. The summed E-state index contributed by atoms with van der Waals surface area (Å²) in [5.74, 6) is 0.642. The van der Waals surface area contributed by atoms with Crippen LogP contribution < -0.4 is 15.2 Å². The van der Waals surface area contributed by atoms with Crippen molar-refractivity contribution < 1.29 is 13.3 Å². The van der Waals surface area contributed by atoms with Crippen molar-refractivity contribution >= 4 is 16.6 Å². The molecule has 5 rings (SSSR count). The highest BCUT2D eigenvalue weighted by Gasteiger charge is 2.41. The van der Waals surface area contributed by atoms with E-state index in [9.17, 15) is 8.78 Å². The van der Waals surface area contributed by atoms with Gasteiger partial charge < -0.3 is 15.5 Å². The van der Waals surface area contributed by atoms with Crippen LogP contribution in [0.15, 0.2) is 29.5 Å². The number of nitrogens with zero attached hydrogens (tertiary/aromatic N) is 3. The van der Waals surface area contributed by atoms with E-state index < -0.39 is 11.6 Å². The molecule has 1 aromatic carbocycles. The monoisotopic (exact) mass is 484 g/mol. The van der Waals surface area contributed by atoms with Gasteiger partial charge in [0.2, 0.25) is 0 Å². The Balaban J connectivity index is 1.78. The number of aromatic nitrogens is 2. The molecule has 2 N–H and O–H groups in total. The lowest BCUT2D eigenvalue weighted by molar-refractivity contribution is -0.648. The molecule has 7 heteroatoms. The second-order valence-electron chi connectivity index (χ2n) is 11.2. The van der Waals surface area contributed by atoms with Crippen molar-refractivity contribution in [1.82, 2.24) is 20.1 Å². The predicted octanol–water partition coefficient (Wildman–Crippen LogP) is 4.29. The minimum atomic E-state index is -0.796. The van der Waals surface area contributed by atoms with Crippen LogP contribution in [0.2, 0.25) is 0 Å². The summed E-state index contributed by atoms with van der Waals surface area (Å²) in [6.07, 6.45) is 5.52. The molecule has 5 atom stereocenters. The van der Waals surface area contributed by atoms with Gasteiger partial charge >= 0.3 is 0 Å². The Bertz CT molecular complexity index is 1190. The molecule has 0 amide bonds. The molecule has 1 saturated heterocycles. The highest BCUT2D eigenvalue weighted by molar-refractivity contribution is 5.79. The molecular formula is C28H40F2N5+. The number of piperazine rings is 1. The molecule has 0 bridgehead atoms. The van der Waals surface area contributed by atoms with Gasteiger partial charge in [0.25, 0.3) is 5.82 Å². The average molecular weight is 485 g/mol. The summed E-state index contributed by atoms with van der Waals surface area (Å²) in [6, 6.07) is 3.69. The number of benzene rings is 1. The van der Waals surface area contributed by atoms with Gasteiger partial charge in [-0.2, -0.15) is 0 Å². The molecule has 0 spiro atoms. The Morgan fingerprint density at radius 3 is 2.40 bits per heavy atom. The largest absolute Gasteiger partial charge is 0.371 e. The molecule has 190 valence electrons. The Morgan fingerprint density at radius 1 is 1.03 bits per heavy atom. The van der Waals surface area contributed by atoms with Crippen molar-refractivity contribution in [1.29, 1.82) is 0 Å². The van der Waals surface area contributed by atoms with Crippen LogP contribution in [0.25, 0.3) is 16.6 Å². The smallest absolute Gasteiger partial charge is 0.287 e. The van der Waals surface area contributed by atoms with Crippen LogP contribution in [-0.2, 0) is 7.05 Å². The van der Waals surface area contributed by atoms with Crippen LogP contribution in [-0.4, -0.2) is 48.2 Å². The third-order valence-electron chi connectivity index (χ3n) is 8.49. The zero-order chi connectivity index (χ0) is 25.0. The van der Waals surface area contributed by atoms with Crippen LogP contribution in [0.3, 0.4) is 0 Å². The second kappa shape index (κ2) is 9.32. The SMILES string of the molecule is CNCC1=CC2=C(N3CC(C)NC(C)C3)CC(C)C(C)CCC2n2c1[n+](C)c1cc(F)c(F)cc12. The van der Waals surface area contributed by atoms with E-state index in [0.717, 1.165) is 54.8 Å². The molecular weight excluding hydrogens is 444 g/mol. The summed E-state index contributed by atoms with van der Waals surface area (Å²) in [4.78, 5) is 2.60. The fourth-order valence-electron chi connectivity index (χ4n) is 6.62. The topological polar surface area (TPSA) is 36.1 Å². The van der Waals surface area contributed by atoms with Crippen LogP contribution in [0.4, 0.5) is 8.78 Å². The third kappa shape index (κ3) is 4.20. The molecule has 2 aliphatic heterocycles. The van der Waals surface area contributed by atoms with Gasteiger partial charge in [-0.3, -0.25) is 0 Å². The number of rotatable bonds is 3. The first-order valence-electron chi connectivity index (χ1n) is 13.2. The van der Waals surface area contributed by atoms with Gasteiger partial charge in [0.15, 0.2) is 22.7 Å². The molecule has 1 aliphatic carbocycles. The average Bonchev–Trinajstić information content (AvgIpc) is 3.07. The Morgan fingerprint density at radius 2 is 1.71 bits per heavy atom. The highest BCUT2D eigenvalue weighted by atomic mass is 19.2. The normalized spacial score (nSPS) is 29.5. The van der Waals surface area contributed by atoms with Crippen LogP contribution in [0.5, 0.6) is 0 Å². The van der Waals surface area contributed by atoms with Crippen LogP contribution in [0, 0.1) is 23.5 Å². The maximum absolute atomic E-state index is 14.6. The summed E-state index contributed by atoms with van der Waals surface area (Å²) in [5, 5.41) is 7.01. The van der Waals surface area contributed by atoms with E-state index in [0.29, 0.717) is 30.5 Å². The lowest BCUT2D eigenvalue weighted by Crippen LogP contribution is -2.54. The molecule has 1 aromatic heterocycles. The fourth-order valence-corrected chi connectivity index (χ4v) is 6.62. The number of likely N-dealkylation sites (N-methyl/N-ethyl adjacent to an activating group) is 1. The number of fused-ring (bicyclic) bond motifs is 5. The van der Waals surface area contributed by atoms with E-state index in [4.69, 9.17) is 0 Å². The zero-order valence-electron chi connectivity index (χ0n) is 22.0. The molecule has 5 nitrogen and oxygen atoms in total. The molecule has 5 unspecified atom stereocenters. The van der Waals surface area contributed by atoms with Crippen LogP contribution in [0.1, 0.15) is 58.8 Å². The van der Waals surface area contributed by atoms with E-state index in [1.807, 2.05) is 18.7 Å². The summed E-state index contributed by atoms with van der Waals surface area (Å²) >= 11 is 0. The quantitative estimate of drug-likeness (QED) is 0.638. The minimum Gasteiger partial charge on any atom is -0.371 e. The van der Waals surface area contributed by atoms with E-state index >= 15 is 0 Å².